The molecule has 1 heterocycles. The molecule has 0 saturated heterocycles. The predicted octanol–water partition coefficient (Wildman–Crippen LogP) is 6.21. The van der Waals surface area contributed by atoms with Crippen LogP contribution in [0.3, 0.4) is 0 Å². The zero-order chi connectivity index (χ0) is 23.4. The van der Waals surface area contributed by atoms with Gasteiger partial charge < -0.3 is 4.74 Å². The number of esters is 1. The molecule has 0 atom stereocenters. The fraction of sp³-hybridized carbons (Fsp3) is 0.0769. The number of aromatic nitrogens is 1. The van der Waals surface area contributed by atoms with Crippen LogP contribution in [0.25, 0.3) is 10.6 Å². The second-order valence-corrected chi connectivity index (χ2v) is 8.96. The van der Waals surface area contributed by atoms with E-state index < -0.39 is 5.97 Å². The maximum absolute atomic E-state index is 13.5. The summed E-state index contributed by atoms with van der Waals surface area (Å²) in [7, 11) is 0. The van der Waals surface area contributed by atoms with Gasteiger partial charge in [-0.25, -0.2) is 9.78 Å². The Labute approximate surface area is 203 Å². The highest BCUT2D eigenvalue weighted by Gasteiger charge is 2.26. The van der Waals surface area contributed by atoms with Crippen molar-refractivity contribution < 1.29 is 19.1 Å². The zero-order valence-corrected chi connectivity index (χ0v) is 20.0. The minimum Gasteiger partial charge on any atom is -0.462 e. The zero-order valence-electron chi connectivity index (χ0n) is 17.6. The number of carbonyl (C=O) groups is 3. The third-order valence-electron chi connectivity index (χ3n) is 4.86. The first-order valence-electron chi connectivity index (χ1n) is 10.2. The van der Waals surface area contributed by atoms with E-state index in [2.05, 4.69) is 20.9 Å². The molecule has 4 rings (SSSR count). The number of hydrogen-bond acceptors (Lipinski definition) is 6. The molecular weight excluding hydrogens is 502 g/mol. The van der Waals surface area contributed by atoms with Crippen molar-refractivity contribution in [1.29, 1.82) is 0 Å². The van der Waals surface area contributed by atoms with E-state index in [9.17, 15) is 14.4 Å². The standard InChI is InChI=1S/C26H18BrNO4S/c1-2-32-26(31)21-15-28-25(33-21)22-19(23(29)16-9-5-3-6-10-16)13-18(27)14-20(22)24(30)17-11-7-4-8-12-17/h3-15H,2H2,1H3. The summed E-state index contributed by atoms with van der Waals surface area (Å²) in [5.74, 6) is -0.992. The summed E-state index contributed by atoms with van der Waals surface area (Å²) >= 11 is 4.54. The van der Waals surface area contributed by atoms with Crippen molar-refractivity contribution in [1.82, 2.24) is 4.98 Å². The molecule has 0 aliphatic heterocycles. The van der Waals surface area contributed by atoms with Gasteiger partial charge in [0.15, 0.2) is 11.6 Å². The van der Waals surface area contributed by atoms with Gasteiger partial charge in [-0.3, -0.25) is 9.59 Å². The molecule has 0 saturated carbocycles. The molecule has 0 aliphatic carbocycles. The maximum atomic E-state index is 13.5. The Balaban J connectivity index is 1.94. The number of hydrogen-bond donors (Lipinski definition) is 0. The topological polar surface area (TPSA) is 73.3 Å². The normalized spacial score (nSPS) is 10.6. The Morgan fingerprint density at radius 1 is 0.879 bits per heavy atom. The van der Waals surface area contributed by atoms with Gasteiger partial charge in [0.05, 0.1) is 12.8 Å². The largest absolute Gasteiger partial charge is 0.462 e. The molecule has 0 aliphatic rings. The van der Waals surface area contributed by atoms with Crippen LogP contribution in [-0.4, -0.2) is 29.1 Å². The van der Waals surface area contributed by atoms with Crippen LogP contribution in [0.5, 0.6) is 0 Å². The molecule has 164 valence electrons. The summed E-state index contributed by atoms with van der Waals surface area (Å²) in [6.07, 6.45) is 1.41. The highest BCUT2D eigenvalue weighted by Crippen LogP contribution is 2.36. The number of rotatable bonds is 7. The Morgan fingerprint density at radius 3 is 1.88 bits per heavy atom. The van der Waals surface area contributed by atoms with Crippen LogP contribution < -0.4 is 0 Å². The highest BCUT2D eigenvalue weighted by atomic mass is 79.9. The van der Waals surface area contributed by atoms with Crippen LogP contribution in [0.2, 0.25) is 0 Å². The SMILES string of the molecule is CCOC(=O)c1cnc(-c2c(C(=O)c3ccccc3)cc(Br)cc2C(=O)c2ccccc2)s1. The molecule has 5 nitrogen and oxygen atoms in total. The van der Waals surface area contributed by atoms with Gasteiger partial charge in [0.25, 0.3) is 0 Å². The van der Waals surface area contributed by atoms with Crippen molar-refractivity contribution in [2.45, 2.75) is 6.92 Å². The number of halogens is 1. The molecule has 0 radical (unpaired) electrons. The van der Waals surface area contributed by atoms with Crippen LogP contribution in [-0.2, 0) is 4.74 Å². The fourth-order valence-corrected chi connectivity index (χ4v) is 4.71. The second kappa shape index (κ2) is 10.0. The quantitative estimate of drug-likeness (QED) is 0.214. The highest BCUT2D eigenvalue weighted by molar-refractivity contribution is 9.10. The van der Waals surface area contributed by atoms with E-state index in [1.807, 2.05) is 12.1 Å². The third kappa shape index (κ3) is 4.84. The number of thiazole rings is 1. The van der Waals surface area contributed by atoms with E-state index in [0.717, 1.165) is 11.3 Å². The first-order valence-corrected chi connectivity index (χ1v) is 11.8. The van der Waals surface area contributed by atoms with Gasteiger partial charge in [-0.2, -0.15) is 0 Å². The van der Waals surface area contributed by atoms with Gasteiger partial charge in [-0.1, -0.05) is 76.6 Å². The van der Waals surface area contributed by atoms with Crippen molar-refractivity contribution >= 4 is 44.8 Å². The summed E-state index contributed by atoms with van der Waals surface area (Å²) < 4.78 is 5.67. The first-order chi connectivity index (χ1) is 16.0. The van der Waals surface area contributed by atoms with Crippen molar-refractivity contribution in [3.8, 4) is 10.6 Å². The molecule has 0 bridgehead atoms. The fourth-order valence-electron chi connectivity index (χ4n) is 3.37. The minimum absolute atomic E-state index is 0.236. The Hall–Kier alpha value is -3.42. The van der Waals surface area contributed by atoms with E-state index in [1.165, 1.54) is 6.20 Å². The van der Waals surface area contributed by atoms with Gasteiger partial charge in [-0.05, 0) is 19.1 Å². The third-order valence-corrected chi connectivity index (χ3v) is 6.31. The summed E-state index contributed by atoms with van der Waals surface area (Å²) in [6, 6.07) is 21.0. The average Bonchev–Trinajstić information content (AvgIpc) is 3.34. The molecule has 0 unspecified atom stereocenters. The van der Waals surface area contributed by atoms with Gasteiger partial charge in [0.1, 0.15) is 9.88 Å². The molecular formula is C26H18BrNO4S. The maximum Gasteiger partial charge on any atom is 0.349 e. The number of ether oxygens (including phenoxy) is 1. The lowest BCUT2D eigenvalue weighted by atomic mass is 9.91. The smallest absolute Gasteiger partial charge is 0.349 e. The lowest BCUT2D eigenvalue weighted by Gasteiger charge is -2.13. The Kier molecular flexibility index (Phi) is 6.91. The Morgan fingerprint density at radius 2 is 1.39 bits per heavy atom. The molecule has 0 amide bonds. The lowest BCUT2D eigenvalue weighted by Crippen LogP contribution is -2.10. The molecule has 1 aromatic heterocycles. The van der Waals surface area contributed by atoms with Gasteiger partial charge in [0.2, 0.25) is 0 Å². The van der Waals surface area contributed by atoms with E-state index in [-0.39, 0.29) is 18.2 Å². The van der Waals surface area contributed by atoms with Gasteiger partial charge in [-0.15, -0.1) is 11.3 Å². The minimum atomic E-state index is -0.495. The van der Waals surface area contributed by atoms with E-state index in [1.54, 1.807) is 67.6 Å². The van der Waals surface area contributed by atoms with Gasteiger partial charge in [0, 0.05) is 32.3 Å². The molecule has 0 spiro atoms. The summed E-state index contributed by atoms with van der Waals surface area (Å²) in [4.78, 5) is 43.9. The van der Waals surface area contributed by atoms with E-state index >= 15 is 0 Å². The molecule has 0 fully saturated rings. The summed E-state index contributed by atoms with van der Waals surface area (Å²) in [5, 5.41) is 0.393. The van der Waals surface area contributed by atoms with E-state index in [4.69, 9.17) is 4.74 Å². The van der Waals surface area contributed by atoms with Gasteiger partial charge >= 0.3 is 5.97 Å². The van der Waals surface area contributed by atoms with Crippen LogP contribution >= 0.6 is 27.3 Å². The molecule has 3 aromatic carbocycles. The van der Waals surface area contributed by atoms with Crippen LogP contribution in [0.15, 0.2) is 83.5 Å². The predicted molar refractivity (Wildman–Crippen MR) is 131 cm³/mol. The van der Waals surface area contributed by atoms with Crippen LogP contribution in [0.4, 0.5) is 0 Å². The molecule has 7 heteroatoms. The van der Waals surface area contributed by atoms with Crippen LogP contribution in [0, 0.1) is 0 Å². The lowest BCUT2D eigenvalue weighted by molar-refractivity contribution is 0.0531. The van der Waals surface area contributed by atoms with E-state index in [0.29, 0.717) is 42.2 Å². The Bertz CT molecular complexity index is 1260. The molecule has 33 heavy (non-hydrogen) atoms. The first kappa shape index (κ1) is 22.8. The number of nitrogens with zero attached hydrogens (tertiary/aromatic N) is 1. The van der Waals surface area contributed by atoms with Crippen LogP contribution in [0.1, 0.15) is 48.4 Å². The van der Waals surface area contributed by atoms with Crippen molar-refractivity contribution in [3.63, 3.8) is 0 Å². The molecule has 0 N–H and O–H groups in total. The number of benzene rings is 3. The summed E-state index contributed by atoms with van der Waals surface area (Å²) in [5.41, 5.74) is 2.00. The second-order valence-electron chi connectivity index (χ2n) is 7.02. The van der Waals surface area contributed by atoms with Crippen molar-refractivity contribution in [3.05, 3.63) is 111 Å². The summed E-state index contributed by atoms with van der Waals surface area (Å²) in [6.45, 7) is 1.96. The van der Waals surface area contributed by atoms with Crippen molar-refractivity contribution in [2.24, 2.45) is 0 Å². The average molecular weight is 520 g/mol. The number of carbonyl (C=O) groups excluding carboxylic acids is 3. The monoisotopic (exact) mass is 519 g/mol. The molecule has 4 aromatic rings. The number of ketones is 2. The van der Waals surface area contributed by atoms with Crippen molar-refractivity contribution in [2.75, 3.05) is 6.61 Å².